The van der Waals surface area contributed by atoms with Gasteiger partial charge in [-0.25, -0.2) is 14.2 Å². The molecule has 1 aromatic heterocycles. The van der Waals surface area contributed by atoms with Gasteiger partial charge in [0, 0.05) is 6.54 Å². The van der Waals surface area contributed by atoms with Crippen molar-refractivity contribution >= 4 is 11.9 Å². The number of carbonyl (C=O) groups excluding carboxylic acids is 2. The highest BCUT2D eigenvalue weighted by Gasteiger charge is 2.12. The lowest BCUT2D eigenvalue weighted by Gasteiger charge is -2.06. The highest BCUT2D eigenvalue weighted by atomic mass is 19.1. The van der Waals surface area contributed by atoms with Crippen molar-refractivity contribution in [1.29, 1.82) is 0 Å². The molecule has 0 unspecified atom stereocenters. The third kappa shape index (κ3) is 4.12. The second-order valence-electron chi connectivity index (χ2n) is 4.53. The van der Waals surface area contributed by atoms with E-state index >= 15 is 0 Å². The van der Waals surface area contributed by atoms with E-state index < -0.39 is 5.97 Å². The fourth-order valence-corrected chi connectivity index (χ4v) is 1.84. The summed E-state index contributed by atoms with van der Waals surface area (Å²) in [6, 6.07) is 10.6. The number of benzene rings is 1. The highest BCUT2D eigenvalue weighted by Crippen LogP contribution is 2.04. The Hall–Kier alpha value is -2.76. The number of carbonyl (C=O) groups is 2. The fraction of sp³-hybridized carbons (Fsp3) is 0.188. The molecule has 1 amide bonds. The number of esters is 1. The van der Waals surface area contributed by atoms with Crippen LogP contribution in [0.1, 0.15) is 26.5 Å². The Labute approximate surface area is 127 Å². The number of hydrogen-bond acceptors (Lipinski definition) is 4. The number of hydrogen-bond donors (Lipinski definition) is 1. The lowest BCUT2D eigenvalue weighted by atomic mass is 10.1. The van der Waals surface area contributed by atoms with Crippen molar-refractivity contribution in [3.05, 3.63) is 65.2 Å². The number of aromatic nitrogens is 1. The van der Waals surface area contributed by atoms with Gasteiger partial charge in [-0.1, -0.05) is 18.2 Å². The molecule has 1 N–H and O–H groups in total. The molecule has 0 aliphatic carbocycles. The summed E-state index contributed by atoms with van der Waals surface area (Å²) in [6.07, 6.45) is 0.572. The number of pyridine rings is 1. The summed E-state index contributed by atoms with van der Waals surface area (Å²) in [5.74, 6) is -1.27. The summed E-state index contributed by atoms with van der Waals surface area (Å²) in [4.78, 5) is 27.3. The molecule has 22 heavy (non-hydrogen) atoms. The Morgan fingerprint density at radius 2 is 1.82 bits per heavy atom. The predicted molar refractivity (Wildman–Crippen MR) is 78.0 cm³/mol. The Morgan fingerprint density at radius 1 is 1.14 bits per heavy atom. The van der Waals surface area contributed by atoms with Gasteiger partial charge in [-0.15, -0.1) is 0 Å². The first kappa shape index (κ1) is 15.6. The van der Waals surface area contributed by atoms with E-state index in [-0.39, 0.29) is 23.1 Å². The van der Waals surface area contributed by atoms with Crippen LogP contribution < -0.4 is 5.32 Å². The van der Waals surface area contributed by atoms with Gasteiger partial charge in [-0.2, -0.15) is 0 Å². The van der Waals surface area contributed by atoms with E-state index in [2.05, 4.69) is 15.0 Å². The summed E-state index contributed by atoms with van der Waals surface area (Å²) in [5.41, 5.74) is 1.13. The Bertz CT molecular complexity index is 671. The molecule has 0 radical (unpaired) electrons. The van der Waals surface area contributed by atoms with Crippen molar-refractivity contribution in [2.24, 2.45) is 0 Å². The first-order valence-corrected chi connectivity index (χ1v) is 6.68. The van der Waals surface area contributed by atoms with Crippen LogP contribution in [-0.2, 0) is 11.2 Å². The molecule has 1 aromatic carbocycles. The molecule has 6 heteroatoms. The molecule has 0 saturated carbocycles. The van der Waals surface area contributed by atoms with E-state index in [9.17, 15) is 14.0 Å². The predicted octanol–water partition coefficient (Wildman–Crippen LogP) is 1.98. The lowest BCUT2D eigenvalue weighted by Crippen LogP contribution is -2.27. The summed E-state index contributed by atoms with van der Waals surface area (Å²) in [5, 5.41) is 2.70. The molecule has 0 fully saturated rings. The quantitative estimate of drug-likeness (QED) is 0.858. The number of halogens is 1. The van der Waals surface area contributed by atoms with E-state index in [1.807, 2.05) is 0 Å². The summed E-state index contributed by atoms with van der Waals surface area (Å²) in [7, 11) is 1.25. The van der Waals surface area contributed by atoms with Crippen molar-refractivity contribution in [3.8, 4) is 0 Å². The van der Waals surface area contributed by atoms with E-state index in [0.717, 1.165) is 5.56 Å². The minimum absolute atomic E-state index is 0.0775. The Morgan fingerprint density at radius 3 is 2.50 bits per heavy atom. The van der Waals surface area contributed by atoms with Gasteiger partial charge < -0.3 is 10.1 Å². The third-order valence-electron chi connectivity index (χ3n) is 2.99. The van der Waals surface area contributed by atoms with Crippen molar-refractivity contribution in [2.75, 3.05) is 13.7 Å². The second-order valence-corrected chi connectivity index (χ2v) is 4.53. The molecule has 0 atom stereocenters. The molecule has 2 rings (SSSR count). The monoisotopic (exact) mass is 302 g/mol. The average Bonchev–Trinajstić information content (AvgIpc) is 2.56. The third-order valence-corrected chi connectivity index (χ3v) is 2.99. The molecule has 0 bridgehead atoms. The van der Waals surface area contributed by atoms with Crippen molar-refractivity contribution < 1.29 is 18.7 Å². The van der Waals surface area contributed by atoms with Crippen molar-refractivity contribution in [1.82, 2.24) is 10.3 Å². The number of nitrogens with one attached hydrogen (secondary N) is 1. The number of methoxy groups -OCH3 is 1. The van der Waals surface area contributed by atoms with Crippen LogP contribution in [0.3, 0.4) is 0 Å². The molecule has 0 spiro atoms. The topological polar surface area (TPSA) is 68.3 Å². The van der Waals surface area contributed by atoms with Crippen LogP contribution in [0, 0.1) is 5.82 Å². The first-order valence-electron chi connectivity index (χ1n) is 6.68. The maximum absolute atomic E-state index is 12.8. The van der Waals surface area contributed by atoms with Crippen LogP contribution in [0.5, 0.6) is 0 Å². The smallest absolute Gasteiger partial charge is 0.356 e. The van der Waals surface area contributed by atoms with Crippen LogP contribution in [-0.4, -0.2) is 30.5 Å². The van der Waals surface area contributed by atoms with Crippen molar-refractivity contribution in [2.45, 2.75) is 6.42 Å². The van der Waals surface area contributed by atoms with E-state index in [1.165, 1.54) is 31.4 Å². The first-order chi connectivity index (χ1) is 10.6. The SMILES string of the molecule is COC(=O)c1cccc(C(=O)NCCc2ccc(F)cc2)n1. The zero-order chi connectivity index (χ0) is 15.9. The van der Waals surface area contributed by atoms with E-state index in [4.69, 9.17) is 0 Å². The largest absolute Gasteiger partial charge is 0.464 e. The van der Waals surface area contributed by atoms with Gasteiger partial charge in [-0.05, 0) is 36.2 Å². The maximum Gasteiger partial charge on any atom is 0.356 e. The van der Waals surface area contributed by atoms with Crippen molar-refractivity contribution in [3.63, 3.8) is 0 Å². The molecular weight excluding hydrogens is 287 g/mol. The Balaban J connectivity index is 1.92. The van der Waals surface area contributed by atoms with E-state index in [0.29, 0.717) is 13.0 Å². The minimum Gasteiger partial charge on any atom is -0.464 e. The van der Waals surface area contributed by atoms with Gasteiger partial charge in [0.2, 0.25) is 0 Å². The molecular formula is C16H15FN2O3. The van der Waals surface area contributed by atoms with Crippen LogP contribution in [0.2, 0.25) is 0 Å². The van der Waals surface area contributed by atoms with Crippen LogP contribution in [0.15, 0.2) is 42.5 Å². The van der Waals surface area contributed by atoms with Gasteiger partial charge in [-0.3, -0.25) is 4.79 Å². The lowest BCUT2D eigenvalue weighted by molar-refractivity contribution is 0.0594. The van der Waals surface area contributed by atoms with Gasteiger partial charge in [0.15, 0.2) is 0 Å². The zero-order valence-corrected chi connectivity index (χ0v) is 12.0. The maximum atomic E-state index is 12.8. The van der Waals surface area contributed by atoms with Crippen LogP contribution in [0.25, 0.3) is 0 Å². The van der Waals surface area contributed by atoms with Crippen LogP contribution >= 0.6 is 0 Å². The molecule has 0 aliphatic rings. The molecule has 0 aliphatic heterocycles. The van der Waals surface area contributed by atoms with Crippen LogP contribution in [0.4, 0.5) is 4.39 Å². The fourth-order valence-electron chi connectivity index (χ4n) is 1.84. The number of rotatable bonds is 5. The number of ether oxygens (including phenoxy) is 1. The molecule has 1 heterocycles. The molecule has 5 nitrogen and oxygen atoms in total. The van der Waals surface area contributed by atoms with Gasteiger partial charge in [0.25, 0.3) is 5.91 Å². The standard InChI is InChI=1S/C16H15FN2O3/c1-22-16(21)14-4-2-3-13(19-14)15(20)18-10-9-11-5-7-12(17)8-6-11/h2-8H,9-10H2,1H3,(H,18,20). The van der Waals surface area contributed by atoms with Gasteiger partial charge in [0.05, 0.1) is 7.11 Å². The van der Waals surface area contributed by atoms with E-state index in [1.54, 1.807) is 18.2 Å². The Kier molecular flexibility index (Phi) is 5.19. The summed E-state index contributed by atoms with van der Waals surface area (Å²) in [6.45, 7) is 0.384. The number of nitrogens with zero attached hydrogens (tertiary/aromatic N) is 1. The zero-order valence-electron chi connectivity index (χ0n) is 12.0. The average molecular weight is 302 g/mol. The van der Waals surface area contributed by atoms with Gasteiger partial charge in [0.1, 0.15) is 17.2 Å². The second kappa shape index (κ2) is 7.31. The highest BCUT2D eigenvalue weighted by molar-refractivity contribution is 5.94. The molecule has 2 aromatic rings. The normalized spacial score (nSPS) is 10.1. The number of amides is 1. The summed E-state index contributed by atoms with van der Waals surface area (Å²) >= 11 is 0. The molecule has 114 valence electrons. The van der Waals surface area contributed by atoms with Gasteiger partial charge >= 0.3 is 5.97 Å². The molecule has 0 saturated heterocycles. The summed E-state index contributed by atoms with van der Waals surface area (Å²) < 4.78 is 17.3. The minimum atomic E-state index is -0.596.